The van der Waals surface area contributed by atoms with Gasteiger partial charge in [0.25, 0.3) is 6.43 Å². The second-order valence-corrected chi connectivity index (χ2v) is 2.83. The lowest BCUT2D eigenvalue weighted by atomic mass is 10.2. The van der Waals surface area contributed by atoms with Crippen LogP contribution in [0, 0.1) is 0 Å². The van der Waals surface area contributed by atoms with Crippen LogP contribution in [0.3, 0.4) is 0 Å². The van der Waals surface area contributed by atoms with E-state index in [0.29, 0.717) is 5.56 Å². The fourth-order valence-electron chi connectivity index (χ4n) is 1.02. The third-order valence-electron chi connectivity index (χ3n) is 1.69. The van der Waals surface area contributed by atoms with Crippen LogP contribution in [-0.2, 0) is 5.88 Å². The molecule has 1 heterocycles. The van der Waals surface area contributed by atoms with E-state index in [0.717, 1.165) is 0 Å². The standard InChI is InChI=1S/C8H9ClF2N2O/c1-14-8-4(3-9)2-5(6(10)11)7(12)13-8/h2,6H,3H2,1H3,(H2,12,13). The van der Waals surface area contributed by atoms with Crippen molar-refractivity contribution in [2.75, 3.05) is 12.8 Å². The summed E-state index contributed by atoms with van der Waals surface area (Å²) in [7, 11) is 1.37. The average molecular weight is 223 g/mol. The highest BCUT2D eigenvalue weighted by molar-refractivity contribution is 6.17. The number of ether oxygens (including phenoxy) is 1. The van der Waals surface area contributed by atoms with E-state index in [9.17, 15) is 8.78 Å². The number of hydrogen-bond acceptors (Lipinski definition) is 3. The zero-order valence-corrected chi connectivity index (χ0v) is 8.18. The Morgan fingerprint density at radius 3 is 2.71 bits per heavy atom. The van der Waals surface area contributed by atoms with Gasteiger partial charge < -0.3 is 10.5 Å². The molecule has 0 aliphatic heterocycles. The molecular weight excluding hydrogens is 214 g/mol. The molecule has 0 radical (unpaired) electrons. The number of nitrogen functional groups attached to an aromatic ring is 1. The molecule has 0 fully saturated rings. The molecule has 1 aromatic heterocycles. The number of anilines is 1. The van der Waals surface area contributed by atoms with E-state index >= 15 is 0 Å². The normalized spacial score (nSPS) is 10.6. The Balaban J connectivity index is 3.23. The maximum atomic E-state index is 12.4. The van der Waals surface area contributed by atoms with E-state index in [1.165, 1.54) is 13.2 Å². The lowest BCUT2D eigenvalue weighted by Gasteiger charge is -2.09. The molecule has 0 bridgehead atoms. The number of halogens is 3. The van der Waals surface area contributed by atoms with Crippen LogP contribution in [0.15, 0.2) is 6.07 Å². The van der Waals surface area contributed by atoms with Crippen LogP contribution in [0.2, 0.25) is 0 Å². The van der Waals surface area contributed by atoms with Crippen LogP contribution in [-0.4, -0.2) is 12.1 Å². The predicted octanol–water partition coefficient (Wildman–Crippen LogP) is 2.35. The Morgan fingerprint density at radius 2 is 2.29 bits per heavy atom. The van der Waals surface area contributed by atoms with Gasteiger partial charge in [0.2, 0.25) is 5.88 Å². The van der Waals surface area contributed by atoms with Crippen molar-refractivity contribution in [3.8, 4) is 5.88 Å². The molecule has 0 unspecified atom stereocenters. The highest BCUT2D eigenvalue weighted by Crippen LogP contribution is 2.29. The molecule has 0 saturated heterocycles. The van der Waals surface area contributed by atoms with Crippen molar-refractivity contribution in [2.24, 2.45) is 0 Å². The van der Waals surface area contributed by atoms with Gasteiger partial charge in [0.05, 0.1) is 18.6 Å². The Morgan fingerprint density at radius 1 is 1.64 bits per heavy atom. The van der Waals surface area contributed by atoms with Gasteiger partial charge in [-0.25, -0.2) is 8.78 Å². The molecule has 0 amide bonds. The first-order chi connectivity index (χ1) is 6.60. The van der Waals surface area contributed by atoms with E-state index in [2.05, 4.69) is 4.98 Å². The van der Waals surface area contributed by atoms with Gasteiger partial charge in [-0.1, -0.05) is 0 Å². The summed E-state index contributed by atoms with van der Waals surface area (Å²) in [5, 5.41) is 0. The first-order valence-electron chi connectivity index (χ1n) is 3.77. The summed E-state index contributed by atoms with van der Waals surface area (Å²) in [6.45, 7) is 0. The van der Waals surface area contributed by atoms with Gasteiger partial charge in [-0.05, 0) is 6.07 Å². The second-order valence-electron chi connectivity index (χ2n) is 2.57. The zero-order valence-electron chi connectivity index (χ0n) is 7.43. The van der Waals surface area contributed by atoms with Crippen LogP contribution in [0.1, 0.15) is 17.6 Å². The van der Waals surface area contributed by atoms with Crippen molar-refractivity contribution in [1.29, 1.82) is 0 Å². The molecule has 0 spiro atoms. The number of pyridine rings is 1. The second kappa shape index (κ2) is 4.41. The fraction of sp³-hybridized carbons (Fsp3) is 0.375. The summed E-state index contributed by atoms with van der Waals surface area (Å²) in [6, 6.07) is 1.21. The van der Waals surface area contributed by atoms with Crippen LogP contribution >= 0.6 is 11.6 Å². The average Bonchev–Trinajstić information content (AvgIpc) is 2.16. The summed E-state index contributed by atoms with van der Waals surface area (Å²) >= 11 is 5.53. The van der Waals surface area contributed by atoms with Crippen LogP contribution in [0.25, 0.3) is 0 Å². The molecule has 0 aliphatic carbocycles. The van der Waals surface area contributed by atoms with E-state index in [4.69, 9.17) is 22.1 Å². The molecule has 0 aliphatic rings. The first kappa shape index (κ1) is 11.0. The number of hydrogen-bond donors (Lipinski definition) is 1. The van der Waals surface area contributed by atoms with Crippen LogP contribution < -0.4 is 10.5 Å². The molecule has 14 heavy (non-hydrogen) atoms. The molecule has 3 nitrogen and oxygen atoms in total. The summed E-state index contributed by atoms with van der Waals surface area (Å²) in [4.78, 5) is 3.67. The minimum absolute atomic E-state index is 0.0518. The van der Waals surface area contributed by atoms with Crippen LogP contribution in [0.4, 0.5) is 14.6 Å². The molecule has 0 saturated carbocycles. The van der Waals surface area contributed by atoms with Crippen molar-refractivity contribution in [3.63, 3.8) is 0 Å². The highest BCUT2D eigenvalue weighted by Gasteiger charge is 2.16. The summed E-state index contributed by atoms with van der Waals surface area (Å²) in [5.41, 5.74) is 5.39. The fourth-order valence-corrected chi connectivity index (χ4v) is 1.21. The Kier molecular flexibility index (Phi) is 3.46. The number of methoxy groups -OCH3 is 1. The molecule has 78 valence electrons. The highest BCUT2D eigenvalue weighted by atomic mass is 35.5. The Hall–Kier alpha value is -1.10. The number of aromatic nitrogens is 1. The van der Waals surface area contributed by atoms with E-state index in [1.54, 1.807) is 0 Å². The quantitative estimate of drug-likeness (QED) is 0.799. The maximum absolute atomic E-state index is 12.4. The molecule has 6 heteroatoms. The topological polar surface area (TPSA) is 48.1 Å². The number of alkyl halides is 3. The molecule has 0 atom stereocenters. The zero-order chi connectivity index (χ0) is 10.7. The molecule has 1 aromatic rings. The number of nitrogens with two attached hydrogens (primary N) is 1. The van der Waals surface area contributed by atoms with Crippen molar-refractivity contribution in [2.45, 2.75) is 12.3 Å². The molecule has 0 aromatic carbocycles. The Labute approximate surface area is 84.8 Å². The van der Waals surface area contributed by atoms with Gasteiger partial charge in [0, 0.05) is 5.56 Å². The van der Waals surface area contributed by atoms with Crippen molar-refractivity contribution < 1.29 is 13.5 Å². The summed E-state index contributed by atoms with van der Waals surface area (Å²) in [5.74, 6) is 0.00326. The van der Waals surface area contributed by atoms with Gasteiger partial charge in [-0.2, -0.15) is 4.98 Å². The lowest BCUT2D eigenvalue weighted by Crippen LogP contribution is -2.03. The van der Waals surface area contributed by atoms with Crippen molar-refractivity contribution >= 4 is 17.4 Å². The van der Waals surface area contributed by atoms with Gasteiger partial charge in [0.1, 0.15) is 5.82 Å². The Bertz CT molecular complexity index is 333. The van der Waals surface area contributed by atoms with Gasteiger partial charge in [0.15, 0.2) is 0 Å². The number of nitrogens with zero attached hydrogens (tertiary/aromatic N) is 1. The summed E-state index contributed by atoms with van der Waals surface area (Å²) < 4.78 is 29.6. The predicted molar refractivity (Wildman–Crippen MR) is 49.7 cm³/mol. The monoisotopic (exact) mass is 222 g/mol. The molecular formula is C8H9ClF2N2O. The minimum atomic E-state index is -2.66. The van der Waals surface area contributed by atoms with Crippen molar-refractivity contribution in [1.82, 2.24) is 4.98 Å². The maximum Gasteiger partial charge on any atom is 0.267 e. The largest absolute Gasteiger partial charge is 0.481 e. The number of rotatable bonds is 3. The smallest absolute Gasteiger partial charge is 0.267 e. The lowest BCUT2D eigenvalue weighted by molar-refractivity contribution is 0.151. The van der Waals surface area contributed by atoms with Crippen LogP contribution in [0.5, 0.6) is 5.88 Å². The summed E-state index contributed by atoms with van der Waals surface area (Å²) in [6.07, 6.45) is -2.66. The SMILES string of the molecule is COc1nc(N)c(C(F)F)cc1CCl. The van der Waals surface area contributed by atoms with Gasteiger partial charge in [-0.3, -0.25) is 0 Å². The van der Waals surface area contributed by atoms with E-state index < -0.39 is 6.43 Å². The van der Waals surface area contributed by atoms with E-state index in [1.807, 2.05) is 0 Å². The molecule has 1 rings (SSSR count). The molecule has 2 N–H and O–H groups in total. The van der Waals surface area contributed by atoms with Gasteiger partial charge >= 0.3 is 0 Å². The first-order valence-corrected chi connectivity index (χ1v) is 4.31. The van der Waals surface area contributed by atoms with E-state index in [-0.39, 0.29) is 23.1 Å². The third-order valence-corrected chi connectivity index (χ3v) is 1.98. The van der Waals surface area contributed by atoms with Crippen molar-refractivity contribution in [3.05, 3.63) is 17.2 Å². The van der Waals surface area contributed by atoms with Gasteiger partial charge in [-0.15, -0.1) is 11.6 Å². The minimum Gasteiger partial charge on any atom is -0.481 e. The third kappa shape index (κ3) is 2.04.